The Labute approximate surface area is 84.2 Å². The molecule has 2 atom stereocenters. The van der Waals surface area contributed by atoms with Gasteiger partial charge in [0.2, 0.25) is 0 Å². The van der Waals surface area contributed by atoms with E-state index in [1.54, 1.807) is 0 Å². The number of ketones is 1. The van der Waals surface area contributed by atoms with Gasteiger partial charge in [0.15, 0.2) is 0 Å². The van der Waals surface area contributed by atoms with Gasteiger partial charge >= 0.3 is 0 Å². The van der Waals surface area contributed by atoms with Crippen LogP contribution in [0.3, 0.4) is 0 Å². The zero-order valence-corrected chi connectivity index (χ0v) is 8.79. The molecule has 2 aliphatic rings. The minimum Gasteiger partial charge on any atom is -0.411 e. The predicted molar refractivity (Wildman–Crippen MR) is 53.5 cm³/mol. The molecule has 3 nitrogen and oxygen atoms in total. The Kier molecular flexibility index (Phi) is 1.95. The highest BCUT2D eigenvalue weighted by atomic mass is 16.4. The fourth-order valence-electron chi connectivity index (χ4n) is 3.45. The van der Waals surface area contributed by atoms with E-state index in [2.05, 4.69) is 19.0 Å². The fraction of sp³-hybridized carbons (Fsp3) is 0.818. The number of rotatable bonds is 2. The van der Waals surface area contributed by atoms with Gasteiger partial charge in [0.1, 0.15) is 5.78 Å². The van der Waals surface area contributed by atoms with Crippen LogP contribution in [0.25, 0.3) is 0 Å². The first-order chi connectivity index (χ1) is 6.54. The average Bonchev–Trinajstić information content (AvgIpc) is 2.48. The molecule has 78 valence electrons. The molecule has 2 bridgehead atoms. The van der Waals surface area contributed by atoms with Gasteiger partial charge in [-0.05, 0) is 30.6 Å². The number of hydrogen-bond donors (Lipinski definition) is 1. The smallest absolute Gasteiger partial charge is 0.140 e. The Hall–Kier alpha value is -0.860. The number of hydrogen-bond acceptors (Lipinski definition) is 3. The molecular formula is C11H17NO2. The molecule has 2 unspecified atom stereocenters. The van der Waals surface area contributed by atoms with E-state index < -0.39 is 0 Å². The van der Waals surface area contributed by atoms with Crippen molar-refractivity contribution in [1.82, 2.24) is 0 Å². The first kappa shape index (κ1) is 9.69. The van der Waals surface area contributed by atoms with Crippen LogP contribution in [-0.2, 0) is 4.79 Å². The normalized spacial score (nSPS) is 39.9. The molecule has 0 aliphatic heterocycles. The molecule has 0 spiro atoms. The number of Topliss-reactive ketones (excluding diaryl/α,β-unsaturated/α-hetero) is 1. The summed E-state index contributed by atoms with van der Waals surface area (Å²) in [5.74, 6) is 0.917. The van der Waals surface area contributed by atoms with Crippen LogP contribution in [0.5, 0.6) is 0 Å². The van der Waals surface area contributed by atoms with Crippen LogP contribution in [0.4, 0.5) is 0 Å². The highest BCUT2D eigenvalue weighted by Gasteiger charge is 2.63. The summed E-state index contributed by atoms with van der Waals surface area (Å²) in [6.45, 7) is 4.36. The number of carbonyl (C=O) groups excluding carboxylic acids is 1. The highest BCUT2D eigenvalue weighted by molar-refractivity contribution is 5.91. The lowest BCUT2D eigenvalue weighted by Crippen LogP contribution is -2.36. The third kappa shape index (κ3) is 0.928. The van der Waals surface area contributed by atoms with Crippen molar-refractivity contribution in [2.24, 2.45) is 21.9 Å². The van der Waals surface area contributed by atoms with E-state index in [0.717, 1.165) is 19.3 Å². The summed E-state index contributed by atoms with van der Waals surface area (Å²) in [4.78, 5) is 11.9. The summed E-state index contributed by atoms with van der Waals surface area (Å²) >= 11 is 0. The third-order valence-corrected chi connectivity index (χ3v) is 4.66. The van der Waals surface area contributed by atoms with Gasteiger partial charge in [0.05, 0.1) is 0 Å². The Bertz CT molecular complexity index is 296. The molecule has 2 saturated carbocycles. The minimum absolute atomic E-state index is 0.0886. The molecule has 2 fully saturated rings. The van der Waals surface area contributed by atoms with E-state index in [9.17, 15) is 4.79 Å². The van der Waals surface area contributed by atoms with Gasteiger partial charge in [-0.3, -0.25) is 4.79 Å². The predicted octanol–water partition coefficient (Wildman–Crippen LogP) is 2.23. The van der Waals surface area contributed by atoms with Crippen molar-refractivity contribution in [3.05, 3.63) is 0 Å². The third-order valence-electron chi connectivity index (χ3n) is 4.66. The Morgan fingerprint density at radius 2 is 2.36 bits per heavy atom. The molecule has 0 aromatic rings. The maximum atomic E-state index is 11.9. The molecule has 2 rings (SSSR count). The van der Waals surface area contributed by atoms with Crippen molar-refractivity contribution < 1.29 is 10.0 Å². The van der Waals surface area contributed by atoms with Crippen LogP contribution >= 0.6 is 0 Å². The van der Waals surface area contributed by atoms with Gasteiger partial charge in [-0.15, -0.1) is 5.16 Å². The van der Waals surface area contributed by atoms with Crippen LogP contribution in [-0.4, -0.2) is 17.2 Å². The van der Waals surface area contributed by atoms with E-state index in [0.29, 0.717) is 18.1 Å². The fourth-order valence-corrected chi connectivity index (χ4v) is 3.45. The molecule has 0 heterocycles. The van der Waals surface area contributed by atoms with E-state index >= 15 is 0 Å². The van der Waals surface area contributed by atoms with Crippen molar-refractivity contribution in [2.75, 3.05) is 0 Å². The molecule has 2 aliphatic carbocycles. The van der Waals surface area contributed by atoms with Gasteiger partial charge in [-0.1, -0.05) is 13.8 Å². The summed E-state index contributed by atoms with van der Waals surface area (Å²) < 4.78 is 0. The summed E-state index contributed by atoms with van der Waals surface area (Å²) in [7, 11) is 0. The van der Waals surface area contributed by atoms with Gasteiger partial charge in [0, 0.05) is 18.1 Å². The zero-order valence-electron chi connectivity index (χ0n) is 8.79. The van der Waals surface area contributed by atoms with E-state index in [-0.39, 0.29) is 10.8 Å². The second-order valence-corrected chi connectivity index (χ2v) is 5.17. The van der Waals surface area contributed by atoms with Crippen molar-refractivity contribution in [3.8, 4) is 0 Å². The van der Waals surface area contributed by atoms with E-state index in [1.165, 1.54) is 6.21 Å². The van der Waals surface area contributed by atoms with Crippen molar-refractivity contribution in [2.45, 2.75) is 39.5 Å². The number of carbonyl (C=O) groups is 1. The van der Waals surface area contributed by atoms with Gasteiger partial charge in [-0.2, -0.15) is 0 Å². The molecule has 0 aromatic heterocycles. The van der Waals surface area contributed by atoms with Crippen molar-refractivity contribution in [1.29, 1.82) is 0 Å². The maximum absolute atomic E-state index is 11.9. The molecule has 0 saturated heterocycles. The standard InChI is InChI=1S/C11H17NO2/c1-10(2)8-3-4-11(10,5-6-12-14)9(13)7-8/h6,8,14H,3-5,7H2,1-2H3. The number of nitrogens with zero attached hydrogens (tertiary/aromatic N) is 1. The van der Waals surface area contributed by atoms with E-state index in [1.807, 2.05) is 0 Å². The van der Waals surface area contributed by atoms with Crippen LogP contribution in [0.1, 0.15) is 39.5 Å². The Morgan fingerprint density at radius 1 is 1.64 bits per heavy atom. The van der Waals surface area contributed by atoms with Crippen LogP contribution in [0, 0.1) is 16.7 Å². The van der Waals surface area contributed by atoms with Crippen LogP contribution in [0.2, 0.25) is 0 Å². The zero-order chi connectivity index (χ0) is 10.4. The SMILES string of the molecule is CC1(C)C2CCC1(CC=NO)C(=O)C2. The Morgan fingerprint density at radius 3 is 2.79 bits per heavy atom. The lowest BCUT2D eigenvalue weighted by Gasteiger charge is -2.35. The minimum atomic E-state index is -0.232. The summed E-state index contributed by atoms with van der Waals surface area (Å²) in [6, 6.07) is 0. The van der Waals surface area contributed by atoms with Crippen molar-refractivity contribution in [3.63, 3.8) is 0 Å². The summed E-state index contributed by atoms with van der Waals surface area (Å²) in [6.07, 6.45) is 4.93. The second-order valence-electron chi connectivity index (χ2n) is 5.17. The largest absolute Gasteiger partial charge is 0.411 e. The maximum Gasteiger partial charge on any atom is 0.140 e. The van der Waals surface area contributed by atoms with E-state index in [4.69, 9.17) is 5.21 Å². The highest BCUT2D eigenvalue weighted by Crippen LogP contribution is 2.65. The molecule has 14 heavy (non-hydrogen) atoms. The summed E-state index contributed by atoms with van der Waals surface area (Å²) in [5.41, 5.74) is -0.144. The van der Waals surface area contributed by atoms with Crippen molar-refractivity contribution >= 4 is 12.0 Å². The molecular weight excluding hydrogens is 178 g/mol. The number of fused-ring (bicyclic) bond motifs is 2. The lowest BCUT2D eigenvalue weighted by atomic mass is 9.67. The molecule has 0 aromatic carbocycles. The number of oxime groups is 1. The lowest BCUT2D eigenvalue weighted by molar-refractivity contribution is -0.128. The van der Waals surface area contributed by atoms with Gasteiger partial charge in [-0.25, -0.2) is 0 Å². The first-order valence-corrected chi connectivity index (χ1v) is 5.24. The quantitative estimate of drug-likeness (QED) is 0.417. The van der Waals surface area contributed by atoms with Gasteiger partial charge in [0.25, 0.3) is 0 Å². The van der Waals surface area contributed by atoms with Crippen LogP contribution < -0.4 is 0 Å². The molecule has 0 amide bonds. The summed E-state index contributed by atoms with van der Waals surface area (Å²) in [5, 5.41) is 11.5. The average molecular weight is 195 g/mol. The Balaban J connectivity index is 2.34. The first-order valence-electron chi connectivity index (χ1n) is 5.24. The molecule has 3 heteroatoms. The van der Waals surface area contributed by atoms with Gasteiger partial charge < -0.3 is 5.21 Å². The second kappa shape index (κ2) is 2.81. The molecule has 1 N–H and O–H groups in total. The monoisotopic (exact) mass is 195 g/mol. The van der Waals surface area contributed by atoms with Crippen LogP contribution in [0.15, 0.2) is 5.16 Å². The topological polar surface area (TPSA) is 49.7 Å². The molecule has 0 radical (unpaired) electrons.